The molecule has 0 amide bonds. The van der Waals surface area contributed by atoms with Crippen LogP contribution < -0.4 is 0 Å². The summed E-state index contributed by atoms with van der Waals surface area (Å²) in [6, 6.07) is 1.06. The summed E-state index contributed by atoms with van der Waals surface area (Å²) in [4.78, 5) is 0. The van der Waals surface area contributed by atoms with Crippen molar-refractivity contribution in [2.45, 2.75) is 109 Å². The second-order valence-electron chi connectivity index (χ2n) is 6.81. The SMILES string of the molecule is C[Si](Cl)(Cl)CCCCCCCCCCCCCCCCCCl. The van der Waals surface area contributed by atoms with Crippen LogP contribution in [0.15, 0.2) is 0 Å². The molecule has 0 unspecified atom stereocenters. The summed E-state index contributed by atoms with van der Waals surface area (Å²) in [7, 11) is 0. The van der Waals surface area contributed by atoms with Gasteiger partial charge in [0.05, 0.1) is 0 Å². The topological polar surface area (TPSA) is 0 Å². The first-order valence-electron chi connectivity index (χ1n) is 9.50. The summed E-state index contributed by atoms with van der Waals surface area (Å²) in [6.07, 6.45) is 20.6. The van der Waals surface area contributed by atoms with Gasteiger partial charge in [-0.15, -0.1) is 33.8 Å². The average Bonchev–Trinajstić information content (AvgIpc) is 2.45. The molecule has 0 aromatic heterocycles. The van der Waals surface area contributed by atoms with Gasteiger partial charge in [-0.05, 0) is 19.0 Å². The van der Waals surface area contributed by atoms with Crippen LogP contribution in [0.3, 0.4) is 0 Å². The average molecular weight is 388 g/mol. The van der Waals surface area contributed by atoms with Crippen LogP contribution in [0, 0.1) is 0 Å². The van der Waals surface area contributed by atoms with Gasteiger partial charge in [0.25, 0.3) is 0 Å². The Hall–Kier alpha value is 1.09. The molecule has 0 atom stereocenters. The number of hydrogen-bond acceptors (Lipinski definition) is 0. The van der Waals surface area contributed by atoms with Crippen molar-refractivity contribution in [1.29, 1.82) is 0 Å². The first-order valence-corrected chi connectivity index (χ1v) is 14.8. The molecule has 0 spiro atoms. The van der Waals surface area contributed by atoms with Gasteiger partial charge in [0, 0.05) is 5.88 Å². The molecule has 0 nitrogen and oxygen atoms in total. The van der Waals surface area contributed by atoms with Gasteiger partial charge in [0.2, 0.25) is 6.69 Å². The maximum atomic E-state index is 6.10. The van der Waals surface area contributed by atoms with E-state index in [0.29, 0.717) is 0 Å². The minimum atomic E-state index is -1.83. The minimum absolute atomic E-state index is 0.834. The van der Waals surface area contributed by atoms with E-state index in [0.717, 1.165) is 11.9 Å². The molecule has 0 saturated carbocycles. The normalized spacial score (nSPS) is 12.0. The van der Waals surface area contributed by atoms with E-state index in [2.05, 4.69) is 0 Å². The minimum Gasteiger partial charge on any atom is -0.146 e. The number of rotatable bonds is 17. The molecule has 0 aliphatic rings. The molecule has 0 radical (unpaired) electrons. The standard InChI is InChI=1S/C18H37Cl3Si/c1-22(20,21)18-16-14-12-10-8-6-4-2-3-5-7-9-11-13-15-17-19/h2-18H2,1H3. The molecule has 0 aromatic carbocycles. The molecule has 0 aromatic rings. The summed E-state index contributed by atoms with van der Waals surface area (Å²) in [6.45, 7) is 0.198. The maximum absolute atomic E-state index is 6.10. The molecular weight excluding hydrogens is 351 g/mol. The molecule has 134 valence electrons. The van der Waals surface area contributed by atoms with E-state index in [1.807, 2.05) is 6.55 Å². The largest absolute Gasteiger partial charge is 0.248 e. The highest BCUT2D eigenvalue weighted by Gasteiger charge is 2.19. The Morgan fingerprint density at radius 3 is 1.05 bits per heavy atom. The highest BCUT2D eigenvalue weighted by Crippen LogP contribution is 2.23. The second kappa shape index (κ2) is 16.9. The molecule has 0 N–H and O–H groups in total. The highest BCUT2D eigenvalue weighted by atomic mass is 35.7. The van der Waals surface area contributed by atoms with Crippen LogP contribution >= 0.6 is 33.8 Å². The number of unbranched alkanes of at least 4 members (excludes halogenated alkanes) is 14. The molecule has 0 rings (SSSR count). The van der Waals surface area contributed by atoms with Crippen LogP contribution in [0.1, 0.15) is 96.3 Å². The molecule has 0 saturated heterocycles. The van der Waals surface area contributed by atoms with E-state index in [9.17, 15) is 0 Å². The Morgan fingerprint density at radius 2 is 0.773 bits per heavy atom. The lowest BCUT2D eigenvalue weighted by atomic mass is 10.0. The van der Waals surface area contributed by atoms with Crippen LogP contribution in [-0.2, 0) is 0 Å². The Bertz CT molecular complexity index is 217. The van der Waals surface area contributed by atoms with Gasteiger partial charge in [-0.2, -0.15) is 0 Å². The maximum Gasteiger partial charge on any atom is 0.248 e. The van der Waals surface area contributed by atoms with Gasteiger partial charge in [-0.3, -0.25) is 0 Å². The van der Waals surface area contributed by atoms with Crippen LogP contribution in [0.2, 0.25) is 12.6 Å². The van der Waals surface area contributed by atoms with E-state index < -0.39 is 6.69 Å². The quantitative estimate of drug-likeness (QED) is 0.101. The van der Waals surface area contributed by atoms with E-state index in [1.165, 1.54) is 96.3 Å². The Labute approximate surface area is 155 Å². The van der Waals surface area contributed by atoms with E-state index >= 15 is 0 Å². The van der Waals surface area contributed by atoms with Gasteiger partial charge in [-0.25, -0.2) is 0 Å². The van der Waals surface area contributed by atoms with Crippen molar-refractivity contribution in [3.8, 4) is 0 Å². The van der Waals surface area contributed by atoms with Crippen molar-refractivity contribution in [3.63, 3.8) is 0 Å². The lowest BCUT2D eigenvalue weighted by Crippen LogP contribution is -2.11. The lowest BCUT2D eigenvalue weighted by molar-refractivity contribution is 0.534. The Morgan fingerprint density at radius 1 is 0.500 bits per heavy atom. The third kappa shape index (κ3) is 21.1. The van der Waals surface area contributed by atoms with Crippen LogP contribution in [-0.4, -0.2) is 12.6 Å². The van der Waals surface area contributed by atoms with E-state index in [1.54, 1.807) is 0 Å². The van der Waals surface area contributed by atoms with Crippen molar-refractivity contribution < 1.29 is 0 Å². The van der Waals surface area contributed by atoms with Gasteiger partial charge in [-0.1, -0.05) is 89.9 Å². The predicted octanol–water partition coefficient (Wildman–Crippen LogP) is 8.63. The zero-order valence-electron chi connectivity index (χ0n) is 14.7. The second-order valence-corrected chi connectivity index (χ2v) is 15.4. The summed E-state index contributed by atoms with van der Waals surface area (Å²) in [5, 5.41) is 0. The van der Waals surface area contributed by atoms with Gasteiger partial charge < -0.3 is 0 Å². The third-order valence-corrected chi connectivity index (χ3v) is 6.88. The summed E-state index contributed by atoms with van der Waals surface area (Å²) >= 11 is 17.9. The van der Waals surface area contributed by atoms with E-state index in [4.69, 9.17) is 33.8 Å². The fraction of sp³-hybridized carbons (Fsp3) is 1.00. The molecule has 0 bridgehead atoms. The molecule has 0 fully saturated rings. The highest BCUT2D eigenvalue weighted by molar-refractivity contribution is 7.44. The Kier molecular flexibility index (Phi) is 17.8. The van der Waals surface area contributed by atoms with Crippen LogP contribution in [0.5, 0.6) is 0 Å². The fourth-order valence-electron chi connectivity index (χ4n) is 2.83. The van der Waals surface area contributed by atoms with E-state index in [-0.39, 0.29) is 0 Å². The van der Waals surface area contributed by atoms with Crippen LogP contribution in [0.4, 0.5) is 0 Å². The Balaban J connectivity index is 3.00. The van der Waals surface area contributed by atoms with Crippen molar-refractivity contribution in [1.82, 2.24) is 0 Å². The molecule has 4 heteroatoms. The van der Waals surface area contributed by atoms with Crippen molar-refractivity contribution >= 4 is 40.5 Å². The smallest absolute Gasteiger partial charge is 0.146 e. The molecule has 0 heterocycles. The number of hydrogen-bond donors (Lipinski definition) is 0. The monoisotopic (exact) mass is 386 g/mol. The summed E-state index contributed by atoms with van der Waals surface area (Å²) in [5.74, 6) is 0.834. The zero-order chi connectivity index (χ0) is 16.5. The van der Waals surface area contributed by atoms with Gasteiger partial charge in [0.15, 0.2) is 0 Å². The van der Waals surface area contributed by atoms with Crippen molar-refractivity contribution in [3.05, 3.63) is 0 Å². The molecule has 0 aliphatic carbocycles. The number of alkyl halides is 1. The third-order valence-electron chi connectivity index (χ3n) is 4.25. The predicted molar refractivity (Wildman–Crippen MR) is 108 cm³/mol. The summed E-state index contributed by atoms with van der Waals surface area (Å²) in [5.41, 5.74) is 0. The summed E-state index contributed by atoms with van der Waals surface area (Å²) < 4.78 is 0. The van der Waals surface area contributed by atoms with Crippen molar-refractivity contribution in [2.75, 3.05) is 5.88 Å². The molecular formula is C18H37Cl3Si. The lowest BCUT2D eigenvalue weighted by Gasteiger charge is -2.09. The molecule has 22 heavy (non-hydrogen) atoms. The molecule has 0 aliphatic heterocycles. The van der Waals surface area contributed by atoms with Crippen molar-refractivity contribution in [2.24, 2.45) is 0 Å². The fourth-order valence-corrected chi connectivity index (χ4v) is 4.69. The van der Waals surface area contributed by atoms with Crippen LogP contribution in [0.25, 0.3) is 0 Å². The number of halogens is 3. The first-order chi connectivity index (χ1) is 10.6. The zero-order valence-corrected chi connectivity index (χ0v) is 17.9. The van der Waals surface area contributed by atoms with Gasteiger partial charge in [0.1, 0.15) is 0 Å². The first kappa shape index (κ1) is 23.1. The van der Waals surface area contributed by atoms with Gasteiger partial charge >= 0.3 is 0 Å².